The van der Waals surface area contributed by atoms with Crippen molar-refractivity contribution in [1.29, 1.82) is 0 Å². The molecule has 1 saturated carbocycles. The van der Waals surface area contributed by atoms with Crippen LogP contribution in [0, 0.1) is 16.7 Å². The summed E-state index contributed by atoms with van der Waals surface area (Å²) in [5, 5.41) is 46.0. The Labute approximate surface area is 243 Å². The first-order valence-electron chi connectivity index (χ1n) is 13.8. The number of fused-ring (bicyclic) bond motifs is 3. The molecule has 3 aliphatic carbocycles. The predicted molar refractivity (Wildman–Crippen MR) is 147 cm³/mol. The molecule has 2 bridgehead atoms. The second-order valence-electron chi connectivity index (χ2n) is 12.1. The Morgan fingerprint density at radius 2 is 1.62 bits per heavy atom. The zero-order chi connectivity index (χ0) is 31.4. The Morgan fingerprint density at radius 3 is 2.17 bits per heavy atom. The van der Waals surface area contributed by atoms with Crippen molar-refractivity contribution in [1.82, 2.24) is 0 Å². The molecule has 4 N–H and O–H groups in total. The Morgan fingerprint density at radius 1 is 1.00 bits per heavy atom. The summed E-state index contributed by atoms with van der Waals surface area (Å²) in [6.45, 7) is 7.25. The van der Waals surface area contributed by atoms with Crippen LogP contribution in [-0.2, 0) is 28.6 Å². The summed E-state index contributed by atoms with van der Waals surface area (Å²) in [7, 11) is 0. The highest BCUT2D eigenvalue weighted by Gasteiger charge is 2.77. The number of rotatable bonds is 5. The molecule has 0 spiro atoms. The molecule has 0 amide bonds. The van der Waals surface area contributed by atoms with Crippen LogP contribution >= 0.6 is 0 Å². The topological polar surface area (TPSA) is 177 Å². The molecule has 1 fully saturated rings. The van der Waals surface area contributed by atoms with Gasteiger partial charge in [-0.2, -0.15) is 0 Å². The first-order valence-corrected chi connectivity index (χ1v) is 13.8. The fraction of sp³-hybridized carbons (Fsp3) is 0.548. The van der Waals surface area contributed by atoms with Gasteiger partial charge in [0.1, 0.15) is 5.60 Å². The normalized spacial score (nSPS) is 37.2. The number of ether oxygens (including phenoxy) is 3. The summed E-state index contributed by atoms with van der Waals surface area (Å²) in [6, 6.07) is 7.78. The first-order chi connectivity index (χ1) is 19.5. The third kappa shape index (κ3) is 4.41. The number of aliphatic hydroxyl groups is 4. The average molecular weight is 587 g/mol. The number of benzene rings is 1. The molecule has 1 aromatic rings. The Kier molecular flexibility index (Phi) is 8.05. The molecule has 0 unspecified atom stereocenters. The number of ketones is 1. The molecule has 11 heteroatoms. The molecule has 11 nitrogen and oxygen atoms in total. The maximum absolute atomic E-state index is 14.8. The van der Waals surface area contributed by atoms with Crippen LogP contribution in [-0.4, -0.2) is 86.3 Å². The summed E-state index contributed by atoms with van der Waals surface area (Å²) < 4.78 is 17.7. The number of aliphatic hydroxyl groups excluding tert-OH is 3. The van der Waals surface area contributed by atoms with Crippen LogP contribution in [0.1, 0.15) is 58.3 Å². The van der Waals surface area contributed by atoms with Crippen molar-refractivity contribution in [3.8, 4) is 0 Å². The molecule has 4 rings (SSSR count). The van der Waals surface area contributed by atoms with Crippen LogP contribution in [0.3, 0.4) is 0 Å². The molecule has 0 radical (unpaired) electrons. The summed E-state index contributed by atoms with van der Waals surface area (Å²) >= 11 is 0. The number of hydrogen-bond acceptors (Lipinski definition) is 11. The molecule has 1 aromatic carbocycles. The number of esters is 3. The van der Waals surface area contributed by atoms with Crippen LogP contribution in [0.4, 0.5) is 0 Å². The highest BCUT2D eigenvalue weighted by molar-refractivity contribution is 5.97. The van der Waals surface area contributed by atoms with E-state index in [0.717, 1.165) is 13.8 Å². The largest absolute Gasteiger partial charge is 0.453 e. The molecule has 3 aliphatic rings. The molecule has 228 valence electrons. The van der Waals surface area contributed by atoms with Gasteiger partial charge in [0.25, 0.3) is 0 Å². The third-order valence-corrected chi connectivity index (χ3v) is 9.45. The molecular weight excluding hydrogens is 548 g/mol. The van der Waals surface area contributed by atoms with E-state index in [4.69, 9.17) is 14.2 Å². The van der Waals surface area contributed by atoms with Gasteiger partial charge in [0.15, 0.2) is 23.6 Å². The summed E-state index contributed by atoms with van der Waals surface area (Å²) in [6.07, 6.45) is -4.51. The van der Waals surface area contributed by atoms with Crippen molar-refractivity contribution >= 4 is 23.7 Å². The minimum atomic E-state index is -2.45. The monoisotopic (exact) mass is 586 g/mol. The number of carbonyl (C=O) groups is 4. The van der Waals surface area contributed by atoms with Gasteiger partial charge >= 0.3 is 17.9 Å². The van der Waals surface area contributed by atoms with Gasteiger partial charge in [0.2, 0.25) is 0 Å². The lowest BCUT2D eigenvalue weighted by molar-refractivity contribution is -0.283. The maximum atomic E-state index is 14.8. The second-order valence-corrected chi connectivity index (χ2v) is 12.1. The van der Waals surface area contributed by atoms with Gasteiger partial charge in [-0.15, -0.1) is 0 Å². The molecular formula is C31H38O11. The quantitative estimate of drug-likeness (QED) is 0.223. The lowest BCUT2D eigenvalue weighted by Crippen LogP contribution is -2.79. The van der Waals surface area contributed by atoms with Gasteiger partial charge in [-0.1, -0.05) is 44.2 Å². The Balaban J connectivity index is 2.18. The van der Waals surface area contributed by atoms with Crippen molar-refractivity contribution in [3.05, 3.63) is 59.2 Å². The van der Waals surface area contributed by atoms with Gasteiger partial charge < -0.3 is 34.6 Å². The molecule has 0 saturated heterocycles. The number of carbonyl (C=O) groups excluding carboxylic acids is 4. The van der Waals surface area contributed by atoms with E-state index in [9.17, 15) is 39.6 Å². The van der Waals surface area contributed by atoms with E-state index in [-0.39, 0.29) is 16.7 Å². The fourth-order valence-corrected chi connectivity index (χ4v) is 7.20. The van der Waals surface area contributed by atoms with Gasteiger partial charge in [0, 0.05) is 25.7 Å². The molecule has 0 heterocycles. The average Bonchev–Trinajstić information content (AvgIpc) is 2.91. The maximum Gasteiger partial charge on any atom is 0.338 e. The van der Waals surface area contributed by atoms with Crippen LogP contribution in [0.5, 0.6) is 0 Å². The molecule has 8 atom stereocenters. The van der Waals surface area contributed by atoms with Crippen molar-refractivity contribution in [2.45, 2.75) is 83.6 Å². The van der Waals surface area contributed by atoms with Crippen LogP contribution < -0.4 is 0 Å². The van der Waals surface area contributed by atoms with Gasteiger partial charge in [0.05, 0.1) is 35.7 Å². The first kappa shape index (κ1) is 31.6. The number of Topliss-reactive ketones (excluding diaryl/α,β-unsaturated/α-hetero) is 1. The van der Waals surface area contributed by atoms with Crippen molar-refractivity contribution in [2.75, 3.05) is 6.61 Å². The highest BCUT2D eigenvalue weighted by Crippen LogP contribution is 2.62. The zero-order valence-corrected chi connectivity index (χ0v) is 24.5. The van der Waals surface area contributed by atoms with E-state index in [1.807, 2.05) is 0 Å². The fourth-order valence-electron chi connectivity index (χ4n) is 7.20. The van der Waals surface area contributed by atoms with Crippen LogP contribution in [0.15, 0.2) is 53.6 Å². The Hall–Kier alpha value is -3.38. The van der Waals surface area contributed by atoms with Crippen LogP contribution in [0.25, 0.3) is 0 Å². The standard InChI is InChI=1S/C31H38O11/c1-16-22(36)14-30(39)27(41-26(38)19-10-8-7-9-11-19)31(42-18(3)34)20(15-32)21(35)12-13-29(31,6)25(37)24(40-17(2)33)23(16)28(30,4)5/h7-13,20-22,24,27,32,35-36,39H,14-15H2,1-6H3/t20-,21-,22+,24-,27-,29+,30-,31-/m1/s1. The highest BCUT2D eigenvalue weighted by atomic mass is 16.6. The third-order valence-electron chi connectivity index (χ3n) is 9.45. The SMILES string of the molecule is CC(=O)O[C@H]1C(=O)[C@]2(C)C=C[C@@H](O)[C@@H](CO)[C@@]2(OC(C)=O)[C@H](OC(=O)c2ccccc2)[C@]2(O)C[C@H](O)C(C)=C1C2(C)C. The van der Waals surface area contributed by atoms with Crippen LogP contribution in [0.2, 0.25) is 0 Å². The smallest absolute Gasteiger partial charge is 0.338 e. The van der Waals surface area contributed by atoms with E-state index in [0.29, 0.717) is 0 Å². The van der Waals surface area contributed by atoms with Crippen molar-refractivity contribution in [2.24, 2.45) is 16.7 Å². The minimum absolute atomic E-state index is 0.0699. The number of hydrogen-bond donors (Lipinski definition) is 4. The van der Waals surface area contributed by atoms with E-state index in [2.05, 4.69) is 0 Å². The summed E-state index contributed by atoms with van der Waals surface area (Å²) in [5.41, 5.74) is -7.95. The van der Waals surface area contributed by atoms with Gasteiger partial charge in [-0.05, 0) is 37.1 Å². The summed E-state index contributed by atoms with van der Waals surface area (Å²) in [5.74, 6) is -5.10. The van der Waals surface area contributed by atoms with E-state index in [1.54, 1.807) is 25.1 Å². The summed E-state index contributed by atoms with van der Waals surface area (Å²) in [4.78, 5) is 53.8. The predicted octanol–water partition coefficient (Wildman–Crippen LogP) is 1.41. The van der Waals surface area contributed by atoms with E-state index in [1.165, 1.54) is 45.1 Å². The van der Waals surface area contributed by atoms with Gasteiger partial charge in [-0.3, -0.25) is 14.4 Å². The lowest BCUT2D eigenvalue weighted by Gasteiger charge is -2.64. The minimum Gasteiger partial charge on any atom is -0.453 e. The van der Waals surface area contributed by atoms with E-state index < -0.39 is 89.1 Å². The zero-order valence-electron chi connectivity index (χ0n) is 24.5. The lowest BCUT2D eigenvalue weighted by atomic mass is 9.46. The Bertz CT molecular complexity index is 1350. The van der Waals surface area contributed by atoms with Crippen molar-refractivity contribution in [3.63, 3.8) is 0 Å². The second kappa shape index (κ2) is 10.7. The molecule has 0 aliphatic heterocycles. The van der Waals surface area contributed by atoms with Gasteiger partial charge in [-0.25, -0.2) is 4.79 Å². The van der Waals surface area contributed by atoms with Crippen molar-refractivity contribution < 1.29 is 53.8 Å². The molecule has 42 heavy (non-hydrogen) atoms. The molecule has 0 aromatic heterocycles. The van der Waals surface area contributed by atoms with E-state index >= 15 is 0 Å².